The van der Waals surface area contributed by atoms with Crippen LogP contribution in [0.15, 0.2) is 0 Å². The minimum absolute atomic E-state index is 0.387. The number of nitrogens with zero attached hydrogens (tertiary/aromatic N) is 1. The van der Waals surface area contributed by atoms with Crippen LogP contribution >= 0.6 is 0 Å². The van der Waals surface area contributed by atoms with Gasteiger partial charge in [-0.25, -0.2) is 0 Å². The van der Waals surface area contributed by atoms with E-state index >= 15 is 0 Å². The van der Waals surface area contributed by atoms with E-state index in [2.05, 4.69) is 44.8 Å². The third-order valence-electron chi connectivity index (χ3n) is 4.50. The lowest BCUT2D eigenvalue weighted by Crippen LogP contribution is -2.56. The van der Waals surface area contributed by atoms with Crippen LogP contribution in [0.5, 0.6) is 0 Å². The Bertz CT molecular complexity index is 252. The second kappa shape index (κ2) is 3.99. The maximum Gasteiger partial charge on any atom is 0.0244 e. The van der Waals surface area contributed by atoms with Gasteiger partial charge in [0.1, 0.15) is 0 Å². The van der Waals surface area contributed by atoms with E-state index in [1.165, 1.54) is 26.1 Å². The minimum atomic E-state index is 0.387. The van der Waals surface area contributed by atoms with Crippen LogP contribution in [0, 0.1) is 16.7 Å². The van der Waals surface area contributed by atoms with Crippen LogP contribution < -0.4 is 5.32 Å². The molecule has 0 aromatic heterocycles. The van der Waals surface area contributed by atoms with Gasteiger partial charge in [-0.2, -0.15) is 0 Å². The summed E-state index contributed by atoms with van der Waals surface area (Å²) in [5.41, 5.74) is 1.01. The minimum Gasteiger partial charge on any atom is -0.311 e. The Hall–Kier alpha value is -0.0800. The quantitative estimate of drug-likeness (QED) is 0.774. The number of hydrogen-bond donors (Lipinski definition) is 1. The van der Waals surface area contributed by atoms with Crippen molar-refractivity contribution in [2.75, 3.05) is 26.2 Å². The highest BCUT2D eigenvalue weighted by Crippen LogP contribution is 2.51. The van der Waals surface area contributed by atoms with Gasteiger partial charge in [0.05, 0.1) is 0 Å². The summed E-state index contributed by atoms with van der Waals surface area (Å²) in [7, 11) is 0. The number of piperazine rings is 1. The topological polar surface area (TPSA) is 15.3 Å². The molecule has 0 aromatic rings. The summed E-state index contributed by atoms with van der Waals surface area (Å²) >= 11 is 0. The predicted octanol–water partition coefficient (Wildman–Crippen LogP) is 2.35. The maximum absolute atomic E-state index is 3.66. The first-order valence-electron chi connectivity index (χ1n) is 6.75. The summed E-state index contributed by atoms with van der Waals surface area (Å²) < 4.78 is 0. The predicted molar refractivity (Wildman–Crippen MR) is 69.6 cm³/mol. The second-order valence-corrected chi connectivity index (χ2v) is 7.52. The lowest BCUT2D eigenvalue weighted by Gasteiger charge is -2.40. The molecule has 0 aromatic carbocycles. The van der Waals surface area contributed by atoms with Crippen molar-refractivity contribution in [3.63, 3.8) is 0 Å². The molecule has 0 spiro atoms. The maximum atomic E-state index is 3.66. The van der Waals surface area contributed by atoms with Crippen LogP contribution in [0.2, 0.25) is 0 Å². The zero-order valence-corrected chi connectivity index (χ0v) is 11.6. The van der Waals surface area contributed by atoms with E-state index in [0.29, 0.717) is 16.9 Å². The van der Waals surface area contributed by atoms with Crippen molar-refractivity contribution in [2.45, 2.75) is 47.1 Å². The monoisotopic (exact) mass is 224 g/mol. The molecule has 1 aliphatic carbocycles. The van der Waals surface area contributed by atoms with Gasteiger partial charge in [0.2, 0.25) is 0 Å². The summed E-state index contributed by atoms with van der Waals surface area (Å²) in [4.78, 5) is 2.67. The fourth-order valence-electron chi connectivity index (χ4n) is 2.76. The average molecular weight is 224 g/mol. The third kappa shape index (κ3) is 2.78. The van der Waals surface area contributed by atoms with E-state index in [4.69, 9.17) is 0 Å². The van der Waals surface area contributed by atoms with Gasteiger partial charge < -0.3 is 10.2 Å². The van der Waals surface area contributed by atoms with Gasteiger partial charge in [0, 0.05) is 32.2 Å². The molecule has 0 bridgehead atoms. The summed E-state index contributed by atoms with van der Waals surface area (Å²) in [6.45, 7) is 16.8. The zero-order valence-electron chi connectivity index (χ0n) is 11.6. The number of rotatable bonds is 2. The van der Waals surface area contributed by atoms with Crippen molar-refractivity contribution < 1.29 is 0 Å². The molecule has 2 aliphatic rings. The van der Waals surface area contributed by atoms with Crippen molar-refractivity contribution in [2.24, 2.45) is 16.7 Å². The van der Waals surface area contributed by atoms with Crippen molar-refractivity contribution >= 4 is 0 Å². The van der Waals surface area contributed by atoms with Crippen LogP contribution in [0.25, 0.3) is 0 Å². The molecule has 16 heavy (non-hydrogen) atoms. The smallest absolute Gasteiger partial charge is 0.0244 e. The van der Waals surface area contributed by atoms with Gasteiger partial charge in [-0.1, -0.05) is 34.6 Å². The Morgan fingerprint density at radius 2 is 1.94 bits per heavy atom. The Labute approximate surface area is 101 Å². The number of nitrogens with one attached hydrogen (secondary N) is 1. The fraction of sp³-hybridized carbons (Fsp3) is 1.00. The van der Waals surface area contributed by atoms with Crippen LogP contribution in [0.1, 0.15) is 41.0 Å². The third-order valence-corrected chi connectivity index (χ3v) is 4.50. The van der Waals surface area contributed by atoms with Gasteiger partial charge >= 0.3 is 0 Å². The summed E-state index contributed by atoms with van der Waals surface area (Å²) in [5, 5.41) is 3.66. The largest absolute Gasteiger partial charge is 0.311 e. The highest BCUT2D eigenvalue weighted by molar-refractivity contribution is 4.98. The van der Waals surface area contributed by atoms with Crippen molar-refractivity contribution in [1.82, 2.24) is 10.2 Å². The van der Waals surface area contributed by atoms with Gasteiger partial charge in [-0.05, 0) is 23.2 Å². The van der Waals surface area contributed by atoms with Gasteiger partial charge in [-0.15, -0.1) is 0 Å². The first-order chi connectivity index (χ1) is 7.29. The standard InChI is InChI=1S/C14H28N2/c1-13(2,3)12-10-16(7-6-15-12)9-11-8-14(11,4)5/h11-12,15H,6-10H2,1-5H3. The van der Waals surface area contributed by atoms with Gasteiger partial charge in [0.25, 0.3) is 0 Å². The molecular weight excluding hydrogens is 196 g/mol. The van der Waals surface area contributed by atoms with Crippen LogP contribution in [0.4, 0.5) is 0 Å². The molecule has 2 atom stereocenters. The molecular formula is C14H28N2. The average Bonchev–Trinajstić information content (AvgIpc) is 2.72. The summed E-state index contributed by atoms with van der Waals surface area (Å²) in [6.07, 6.45) is 1.43. The second-order valence-electron chi connectivity index (χ2n) is 7.52. The molecule has 2 unspecified atom stereocenters. The fourth-order valence-corrected chi connectivity index (χ4v) is 2.76. The molecule has 2 rings (SSSR count). The van der Waals surface area contributed by atoms with E-state index < -0.39 is 0 Å². The highest BCUT2D eigenvalue weighted by Gasteiger charge is 2.46. The Balaban J connectivity index is 1.83. The lowest BCUT2D eigenvalue weighted by molar-refractivity contribution is 0.127. The molecule has 0 radical (unpaired) electrons. The lowest BCUT2D eigenvalue weighted by atomic mass is 9.85. The van der Waals surface area contributed by atoms with Crippen molar-refractivity contribution in [3.05, 3.63) is 0 Å². The van der Waals surface area contributed by atoms with Crippen molar-refractivity contribution in [1.29, 1.82) is 0 Å². The van der Waals surface area contributed by atoms with Crippen LogP contribution in [-0.2, 0) is 0 Å². The molecule has 2 heteroatoms. The van der Waals surface area contributed by atoms with E-state index in [1.807, 2.05) is 0 Å². The summed E-state index contributed by atoms with van der Waals surface area (Å²) in [6, 6.07) is 0.656. The molecule has 1 aliphatic heterocycles. The Morgan fingerprint density at radius 3 is 2.44 bits per heavy atom. The Morgan fingerprint density at radius 1 is 1.31 bits per heavy atom. The van der Waals surface area contributed by atoms with Gasteiger partial charge in [-0.3, -0.25) is 0 Å². The first-order valence-corrected chi connectivity index (χ1v) is 6.75. The Kier molecular flexibility index (Phi) is 3.09. The molecule has 94 valence electrons. The molecule has 1 heterocycles. The molecule has 1 N–H and O–H groups in total. The molecule has 2 nitrogen and oxygen atoms in total. The first kappa shape index (κ1) is 12.4. The summed E-state index contributed by atoms with van der Waals surface area (Å²) in [5.74, 6) is 0.950. The van der Waals surface area contributed by atoms with Crippen LogP contribution in [0.3, 0.4) is 0 Å². The molecule has 0 amide bonds. The van der Waals surface area contributed by atoms with Gasteiger partial charge in [0.15, 0.2) is 0 Å². The highest BCUT2D eigenvalue weighted by atomic mass is 15.2. The van der Waals surface area contributed by atoms with E-state index in [0.717, 1.165) is 12.5 Å². The SMILES string of the molecule is CC(C)(C)C1CN(CC2CC2(C)C)CCN1. The van der Waals surface area contributed by atoms with E-state index in [9.17, 15) is 0 Å². The molecule has 1 saturated carbocycles. The zero-order chi connectivity index (χ0) is 12.0. The van der Waals surface area contributed by atoms with Crippen molar-refractivity contribution in [3.8, 4) is 0 Å². The number of hydrogen-bond acceptors (Lipinski definition) is 2. The molecule has 2 fully saturated rings. The normalized spacial score (nSPS) is 35.1. The van der Waals surface area contributed by atoms with Crippen LogP contribution in [-0.4, -0.2) is 37.1 Å². The molecule has 1 saturated heterocycles. The van der Waals surface area contributed by atoms with E-state index in [-0.39, 0.29) is 0 Å². The van der Waals surface area contributed by atoms with E-state index in [1.54, 1.807) is 0 Å².